The molecule has 8 nitrogen and oxygen atoms in total. The second kappa shape index (κ2) is 13.7. The van der Waals surface area contributed by atoms with E-state index in [2.05, 4.69) is 39.5 Å². The van der Waals surface area contributed by atoms with Crippen LogP contribution in [0.15, 0.2) is 29.3 Å². The highest BCUT2D eigenvalue weighted by atomic mass is 127. The van der Waals surface area contributed by atoms with Crippen LogP contribution in [0.2, 0.25) is 0 Å². The Bertz CT molecular complexity index is 783. The molecule has 33 heavy (non-hydrogen) atoms. The summed E-state index contributed by atoms with van der Waals surface area (Å²) in [6.07, 6.45) is 1.27. The van der Waals surface area contributed by atoms with Crippen LogP contribution in [0.4, 0.5) is 0 Å². The Kier molecular flexibility index (Phi) is 11.4. The number of benzene rings is 1. The van der Waals surface area contributed by atoms with Crippen molar-refractivity contribution in [2.75, 3.05) is 45.8 Å². The van der Waals surface area contributed by atoms with Gasteiger partial charge in [0.2, 0.25) is 11.8 Å². The number of carbonyl (C=O) groups excluding carboxylic acids is 2. The average Bonchev–Trinajstić information content (AvgIpc) is 3.20. The lowest BCUT2D eigenvalue weighted by atomic mass is 10.1. The Morgan fingerprint density at radius 1 is 1.03 bits per heavy atom. The fraction of sp³-hybridized carbons (Fsp3) is 0.625. The largest absolute Gasteiger partial charge is 0.357 e. The maximum absolute atomic E-state index is 12.6. The van der Waals surface area contributed by atoms with Crippen molar-refractivity contribution in [1.29, 1.82) is 0 Å². The van der Waals surface area contributed by atoms with Crippen molar-refractivity contribution in [2.45, 2.75) is 52.7 Å². The normalized spacial score (nSPS) is 16.4. The number of guanidine groups is 1. The molecule has 0 radical (unpaired) electrons. The molecule has 3 rings (SSSR count). The van der Waals surface area contributed by atoms with Gasteiger partial charge in [-0.15, -0.1) is 24.0 Å². The van der Waals surface area contributed by atoms with Crippen molar-refractivity contribution in [3.05, 3.63) is 35.4 Å². The highest BCUT2D eigenvalue weighted by Gasteiger charge is 2.23. The van der Waals surface area contributed by atoms with Gasteiger partial charge in [-0.2, -0.15) is 0 Å². The second-order valence-corrected chi connectivity index (χ2v) is 8.84. The van der Waals surface area contributed by atoms with E-state index in [4.69, 9.17) is 4.99 Å². The molecule has 2 N–H and O–H groups in total. The summed E-state index contributed by atoms with van der Waals surface area (Å²) in [5.41, 5.74) is 2.52. The van der Waals surface area contributed by atoms with Crippen molar-refractivity contribution < 1.29 is 9.59 Å². The molecule has 0 atom stereocenters. The van der Waals surface area contributed by atoms with Gasteiger partial charge in [-0.05, 0) is 38.3 Å². The number of amides is 2. The molecule has 2 aliphatic heterocycles. The molecule has 0 saturated carbocycles. The van der Waals surface area contributed by atoms with E-state index < -0.39 is 0 Å². The number of hydrogen-bond donors (Lipinski definition) is 2. The van der Waals surface area contributed by atoms with Gasteiger partial charge in [0.15, 0.2) is 5.96 Å². The molecule has 1 fully saturated rings. The van der Waals surface area contributed by atoms with Crippen LogP contribution >= 0.6 is 24.0 Å². The predicted octanol–water partition coefficient (Wildman–Crippen LogP) is 2.03. The summed E-state index contributed by atoms with van der Waals surface area (Å²) < 4.78 is 0. The van der Waals surface area contributed by atoms with Gasteiger partial charge in [-0.25, -0.2) is 0 Å². The number of nitrogens with zero attached hydrogens (tertiary/aromatic N) is 4. The minimum atomic E-state index is 0. The Morgan fingerprint density at radius 3 is 2.24 bits per heavy atom. The first-order valence-corrected chi connectivity index (χ1v) is 11.9. The van der Waals surface area contributed by atoms with Crippen molar-refractivity contribution in [1.82, 2.24) is 25.3 Å². The van der Waals surface area contributed by atoms with Crippen molar-refractivity contribution in [3.8, 4) is 0 Å². The number of rotatable bonds is 8. The summed E-state index contributed by atoms with van der Waals surface area (Å²) in [5, 5.41) is 6.32. The zero-order valence-electron chi connectivity index (χ0n) is 20.2. The predicted molar refractivity (Wildman–Crippen MR) is 143 cm³/mol. The van der Waals surface area contributed by atoms with Crippen LogP contribution in [0, 0.1) is 0 Å². The fourth-order valence-electron chi connectivity index (χ4n) is 4.20. The SMILES string of the molecule is CCNC(=NCCCC(=O)N1Cc2ccccc2C1)N1CCN(CC(=O)NC(C)C)CC1.I. The van der Waals surface area contributed by atoms with Gasteiger partial charge in [-0.1, -0.05) is 24.3 Å². The third-order valence-electron chi connectivity index (χ3n) is 5.83. The summed E-state index contributed by atoms with van der Waals surface area (Å²) in [6.45, 7) is 12.7. The maximum Gasteiger partial charge on any atom is 0.234 e. The minimum absolute atomic E-state index is 0. The highest BCUT2D eigenvalue weighted by Crippen LogP contribution is 2.22. The van der Waals surface area contributed by atoms with Gasteiger partial charge in [-0.3, -0.25) is 19.5 Å². The smallest absolute Gasteiger partial charge is 0.234 e. The van der Waals surface area contributed by atoms with Gasteiger partial charge < -0.3 is 20.4 Å². The van der Waals surface area contributed by atoms with Crippen LogP contribution in [-0.2, 0) is 22.7 Å². The van der Waals surface area contributed by atoms with E-state index in [0.29, 0.717) is 19.5 Å². The van der Waals surface area contributed by atoms with E-state index in [9.17, 15) is 9.59 Å². The average molecular weight is 571 g/mol. The number of halogens is 1. The molecule has 2 heterocycles. The number of nitrogens with one attached hydrogen (secondary N) is 2. The maximum atomic E-state index is 12.6. The molecule has 2 amide bonds. The Labute approximate surface area is 215 Å². The van der Waals surface area contributed by atoms with Crippen LogP contribution in [0.1, 0.15) is 44.7 Å². The van der Waals surface area contributed by atoms with Gasteiger partial charge >= 0.3 is 0 Å². The molecule has 184 valence electrons. The lowest BCUT2D eigenvalue weighted by Crippen LogP contribution is -2.54. The molecule has 0 aliphatic carbocycles. The Balaban J connectivity index is 0.00000385. The lowest BCUT2D eigenvalue weighted by molar-refractivity contribution is -0.131. The molecule has 0 bridgehead atoms. The van der Waals surface area contributed by atoms with Crippen LogP contribution in [0.25, 0.3) is 0 Å². The van der Waals surface area contributed by atoms with E-state index in [1.807, 2.05) is 30.9 Å². The molecular formula is C24H39IN6O2. The van der Waals surface area contributed by atoms with Crippen LogP contribution in [0.3, 0.4) is 0 Å². The monoisotopic (exact) mass is 570 g/mol. The topological polar surface area (TPSA) is 80.3 Å². The number of aliphatic imine (C=N–C) groups is 1. The molecule has 0 spiro atoms. The van der Waals surface area contributed by atoms with E-state index in [-0.39, 0.29) is 41.8 Å². The molecule has 1 saturated heterocycles. The first-order valence-electron chi connectivity index (χ1n) is 11.9. The Hall–Kier alpha value is -1.88. The summed E-state index contributed by atoms with van der Waals surface area (Å²) in [5.74, 6) is 1.19. The van der Waals surface area contributed by atoms with Gasteiger partial charge in [0.05, 0.1) is 6.54 Å². The van der Waals surface area contributed by atoms with Crippen LogP contribution in [-0.4, -0.2) is 84.3 Å². The summed E-state index contributed by atoms with van der Waals surface area (Å²) in [7, 11) is 0. The zero-order valence-corrected chi connectivity index (χ0v) is 22.5. The van der Waals surface area contributed by atoms with Crippen LogP contribution in [0.5, 0.6) is 0 Å². The minimum Gasteiger partial charge on any atom is -0.357 e. The number of carbonyl (C=O) groups is 2. The fourth-order valence-corrected chi connectivity index (χ4v) is 4.20. The van der Waals surface area contributed by atoms with Gasteiger partial charge in [0, 0.05) is 64.8 Å². The second-order valence-electron chi connectivity index (χ2n) is 8.84. The first-order chi connectivity index (χ1) is 15.5. The van der Waals surface area contributed by atoms with E-state index >= 15 is 0 Å². The quantitative estimate of drug-likeness (QED) is 0.217. The highest BCUT2D eigenvalue weighted by molar-refractivity contribution is 14.0. The van der Waals surface area contributed by atoms with Crippen molar-refractivity contribution in [2.24, 2.45) is 4.99 Å². The van der Waals surface area contributed by atoms with Gasteiger partial charge in [0.25, 0.3) is 0 Å². The standard InChI is InChI=1S/C24H38N6O2.HI/c1-4-25-24(29-14-12-28(13-15-29)18-22(31)27-19(2)3)26-11-7-10-23(32)30-16-20-8-5-6-9-21(20)17-30;/h5-6,8-9,19H,4,7,10-18H2,1-3H3,(H,25,26)(H,27,31);1H. The van der Waals surface area contributed by atoms with Crippen molar-refractivity contribution in [3.63, 3.8) is 0 Å². The van der Waals surface area contributed by atoms with E-state index in [1.54, 1.807) is 0 Å². The van der Waals surface area contributed by atoms with Crippen LogP contribution < -0.4 is 10.6 Å². The summed E-state index contributed by atoms with van der Waals surface area (Å²) in [4.78, 5) is 35.7. The Morgan fingerprint density at radius 2 is 1.67 bits per heavy atom. The van der Waals surface area contributed by atoms with Crippen molar-refractivity contribution >= 4 is 41.8 Å². The zero-order chi connectivity index (χ0) is 22.9. The van der Waals surface area contributed by atoms with Gasteiger partial charge in [0.1, 0.15) is 0 Å². The first kappa shape index (κ1) is 27.4. The molecule has 1 aromatic rings. The number of piperazine rings is 1. The summed E-state index contributed by atoms with van der Waals surface area (Å²) in [6, 6.07) is 8.44. The molecule has 0 unspecified atom stereocenters. The third-order valence-corrected chi connectivity index (χ3v) is 5.83. The number of fused-ring (bicyclic) bond motifs is 1. The molecule has 1 aromatic carbocycles. The van der Waals surface area contributed by atoms with E-state index in [0.717, 1.165) is 58.2 Å². The number of hydrogen-bond acceptors (Lipinski definition) is 4. The van der Waals surface area contributed by atoms with E-state index in [1.165, 1.54) is 11.1 Å². The third kappa shape index (κ3) is 8.44. The summed E-state index contributed by atoms with van der Waals surface area (Å²) >= 11 is 0. The molecule has 9 heteroatoms. The lowest BCUT2D eigenvalue weighted by Gasteiger charge is -2.36. The molecule has 2 aliphatic rings. The molecule has 0 aromatic heterocycles. The molecular weight excluding hydrogens is 531 g/mol.